The molecule has 1 fully saturated rings. The van der Waals surface area contributed by atoms with E-state index in [2.05, 4.69) is 5.32 Å². The van der Waals surface area contributed by atoms with Crippen LogP contribution in [0.15, 0.2) is 24.3 Å². The number of sulfonamides is 1. The third-order valence-corrected chi connectivity index (χ3v) is 5.84. The van der Waals surface area contributed by atoms with Gasteiger partial charge in [0.15, 0.2) is 0 Å². The van der Waals surface area contributed by atoms with Gasteiger partial charge >= 0.3 is 0 Å². The largest absolute Gasteiger partial charge is 0.352 e. The zero-order chi connectivity index (χ0) is 18.4. The summed E-state index contributed by atoms with van der Waals surface area (Å²) in [7, 11) is -3.73. The first-order valence-corrected chi connectivity index (χ1v) is 10.7. The van der Waals surface area contributed by atoms with Crippen LogP contribution in [0.4, 0.5) is 10.1 Å². The summed E-state index contributed by atoms with van der Waals surface area (Å²) in [5, 5.41) is 2.98. The molecule has 7 heteroatoms. The second kappa shape index (κ2) is 8.65. The summed E-state index contributed by atoms with van der Waals surface area (Å²) in [4.78, 5) is 12.6. The molecule has 1 atom stereocenters. The molecule has 0 aliphatic heterocycles. The van der Waals surface area contributed by atoms with Crippen molar-refractivity contribution in [1.82, 2.24) is 5.32 Å². The van der Waals surface area contributed by atoms with Crippen molar-refractivity contribution in [1.29, 1.82) is 0 Å². The van der Waals surface area contributed by atoms with Crippen LogP contribution in [0.2, 0.25) is 0 Å². The fourth-order valence-corrected chi connectivity index (χ4v) is 4.51. The normalized spacial score (nSPS) is 18.0. The summed E-state index contributed by atoms with van der Waals surface area (Å²) in [6.45, 7) is 1.53. The van der Waals surface area contributed by atoms with E-state index in [4.69, 9.17) is 0 Å². The van der Waals surface area contributed by atoms with Crippen molar-refractivity contribution in [2.45, 2.75) is 64.0 Å². The molecule has 0 bridgehead atoms. The lowest BCUT2D eigenvalue weighted by Gasteiger charge is -2.30. The average molecular weight is 370 g/mol. The predicted octanol–water partition coefficient (Wildman–Crippen LogP) is 3.21. The summed E-state index contributed by atoms with van der Waals surface area (Å²) in [5.41, 5.74) is 0.155. The molecule has 25 heavy (non-hydrogen) atoms. The standard InChI is InChI=1S/C18H27FN2O3S/c1-14(18(22)20-16-10-6-4-3-5-7-11-16)21(25(2,23)24)17-12-8-9-15(19)13-17/h8-9,12-14,16H,3-7,10-11H2,1-2H3,(H,20,22)/t14-/m1/s1. The minimum Gasteiger partial charge on any atom is -0.352 e. The lowest BCUT2D eigenvalue weighted by Crippen LogP contribution is -2.50. The highest BCUT2D eigenvalue weighted by atomic mass is 32.2. The van der Waals surface area contributed by atoms with Crippen molar-refractivity contribution in [3.63, 3.8) is 0 Å². The Morgan fingerprint density at radius 1 is 1.20 bits per heavy atom. The van der Waals surface area contributed by atoms with E-state index in [1.165, 1.54) is 44.4 Å². The first-order chi connectivity index (χ1) is 11.8. The number of rotatable bonds is 5. The van der Waals surface area contributed by atoms with Gasteiger partial charge in [-0.2, -0.15) is 0 Å². The van der Waals surface area contributed by atoms with Gasteiger partial charge in [-0.3, -0.25) is 9.10 Å². The highest BCUT2D eigenvalue weighted by molar-refractivity contribution is 7.92. The Labute approximate surface area is 149 Å². The zero-order valence-electron chi connectivity index (χ0n) is 14.9. The molecule has 0 aromatic heterocycles. The molecule has 0 radical (unpaired) electrons. The maximum absolute atomic E-state index is 13.5. The summed E-state index contributed by atoms with van der Waals surface area (Å²) < 4.78 is 38.9. The highest BCUT2D eigenvalue weighted by Gasteiger charge is 2.30. The van der Waals surface area contributed by atoms with Crippen molar-refractivity contribution in [2.75, 3.05) is 10.6 Å². The molecule has 1 aromatic rings. The van der Waals surface area contributed by atoms with Crippen LogP contribution in [0.25, 0.3) is 0 Å². The number of halogens is 1. The molecule has 1 aliphatic rings. The van der Waals surface area contributed by atoms with Gasteiger partial charge in [-0.1, -0.05) is 38.2 Å². The van der Waals surface area contributed by atoms with Crippen LogP contribution in [-0.4, -0.2) is 32.7 Å². The minimum absolute atomic E-state index is 0.0733. The van der Waals surface area contributed by atoms with Crippen LogP contribution in [-0.2, 0) is 14.8 Å². The van der Waals surface area contributed by atoms with Crippen LogP contribution in [0.3, 0.4) is 0 Å². The van der Waals surface area contributed by atoms with Gasteiger partial charge in [0.25, 0.3) is 0 Å². The lowest BCUT2D eigenvalue weighted by atomic mass is 9.96. The molecule has 0 unspecified atom stereocenters. The summed E-state index contributed by atoms with van der Waals surface area (Å²) >= 11 is 0. The van der Waals surface area contributed by atoms with E-state index in [1.807, 2.05) is 0 Å². The van der Waals surface area contributed by atoms with Crippen LogP contribution in [0.1, 0.15) is 51.9 Å². The molecule has 1 saturated carbocycles. The monoisotopic (exact) mass is 370 g/mol. The molecular formula is C18H27FN2O3S. The molecule has 0 spiro atoms. The fourth-order valence-electron chi connectivity index (χ4n) is 3.34. The number of benzene rings is 1. The van der Waals surface area contributed by atoms with Crippen LogP contribution < -0.4 is 9.62 Å². The second-order valence-electron chi connectivity index (χ2n) is 6.77. The Kier molecular flexibility index (Phi) is 6.81. The van der Waals surface area contributed by atoms with Gasteiger partial charge < -0.3 is 5.32 Å². The third kappa shape index (κ3) is 5.70. The predicted molar refractivity (Wildman–Crippen MR) is 97.4 cm³/mol. The van der Waals surface area contributed by atoms with Gasteiger partial charge in [0.05, 0.1) is 11.9 Å². The van der Waals surface area contributed by atoms with Gasteiger partial charge in [0.1, 0.15) is 11.9 Å². The van der Waals surface area contributed by atoms with Gasteiger partial charge in [-0.05, 0) is 38.0 Å². The Morgan fingerprint density at radius 2 is 1.80 bits per heavy atom. The number of hydrogen-bond acceptors (Lipinski definition) is 3. The van der Waals surface area contributed by atoms with Gasteiger partial charge in [0.2, 0.25) is 15.9 Å². The molecule has 1 N–H and O–H groups in total. The first kappa shape index (κ1) is 19.7. The van der Waals surface area contributed by atoms with E-state index in [1.54, 1.807) is 0 Å². The van der Waals surface area contributed by atoms with Crippen molar-refractivity contribution < 1.29 is 17.6 Å². The molecule has 1 aromatic carbocycles. The Bertz CT molecular complexity index is 685. The van der Waals surface area contributed by atoms with E-state index in [0.717, 1.165) is 42.3 Å². The van der Waals surface area contributed by atoms with Crippen molar-refractivity contribution in [3.8, 4) is 0 Å². The number of nitrogens with zero attached hydrogens (tertiary/aromatic N) is 1. The van der Waals surface area contributed by atoms with Crippen molar-refractivity contribution in [2.24, 2.45) is 0 Å². The minimum atomic E-state index is -3.73. The van der Waals surface area contributed by atoms with E-state index in [9.17, 15) is 17.6 Å². The third-order valence-electron chi connectivity index (χ3n) is 4.60. The molecule has 0 heterocycles. The molecule has 1 amide bonds. The summed E-state index contributed by atoms with van der Waals surface area (Å²) in [6.07, 6.45) is 8.56. The van der Waals surface area contributed by atoms with Crippen LogP contribution in [0, 0.1) is 5.82 Å². The van der Waals surface area contributed by atoms with Gasteiger partial charge in [-0.15, -0.1) is 0 Å². The molecule has 140 valence electrons. The topological polar surface area (TPSA) is 66.5 Å². The van der Waals surface area contributed by atoms with E-state index >= 15 is 0 Å². The van der Waals surface area contributed by atoms with Crippen molar-refractivity contribution >= 4 is 21.6 Å². The Morgan fingerprint density at radius 3 is 2.36 bits per heavy atom. The second-order valence-corrected chi connectivity index (χ2v) is 8.62. The smallest absolute Gasteiger partial charge is 0.243 e. The van der Waals surface area contributed by atoms with E-state index in [0.29, 0.717) is 0 Å². The summed E-state index contributed by atoms with van der Waals surface area (Å²) in [6, 6.07) is 4.42. The van der Waals surface area contributed by atoms with Crippen LogP contribution >= 0.6 is 0 Å². The molecular weight excluding hydrogens is 343 g/mol. The average Bonchev–Trinajstić information content (AvgIpc) is 2.48. The number of nitrogens with one attached hydrogen (secondary N) is 1. The lowest BCUT2D eigenvalue weighted by molar-refractivity contribution is -0.122. The number of hydrogen-bond donors (Lipinski definition) is 1. The maximum atomic E-state index is 13.5. The molecule has 5 nitrogen and oxygen atoms in total. The fraction of sp³-hybridized carbons (Fsp3) is 0.611. The quantitative estimate of drug-likeness (QED) is 0.865. The molecule has 0 saturated heterocycles. The first-order valence-electron chi connectivity index (χ1n) is 8.84. The van der Waals surface area contributed by atoms with Crippen molar-refractivity contribution in [3.05, 3.63) is 30.1 Å². The molecule has 2 rings (SSSR count). The number of carbonyl (C=O) groups excluding carboxylic acids is 1. The Balaban J connectivity index is 2.15. The SMILES string of the molecule is C[C@H](C(=O)NC1CCCCCCC1)N(c1cccc(F)c1)S(C)(=O)=O. The number of carbonyl (C=O) groups is 1. The number of anilines is 1. The molecule has 1 aliphatic carbocycles. The Hall–Kier alpha value is -1.63. The summed E-state index contributed by atoms with van der Waals surface area (Å²) in [5.74, 6) is -0.890. The van der Waals surface area contributed by atoms with E-state index < -0.39 is 21.9 Å². The van der Waals surface area contributed by atoms with Crippen LogP contribution in [0.5, 0.6) is 0 Å². The highest BCUT2D eigenvalue weighted by Crippen LogP contribution is 2.22. The van der Waals surface area contributed by atoms with Gasteiger partial charge in [0, 0.05) is 6.04 Å². The zero-order valence-corrected chi connectivity index (χ0v) is 15.7. The van der Waals surface area contributed by atoms with Gasteiger partial charge in [-0.25, -0.2) is 12.8 Å². The van der Waals surface area contributed by atoms with E-state index in [-0.39, 0.29) is 17.6 Å². The number of amides is 1. The maximum Gasteiger partial charge on any atom is 0.243 e.